The van der Waals surface area contributed by atoms with Crippen LogP contribution in [-0.2, 0) is 9.53 Å². The Kier molecular flexibility index (Phi) is 4.41. The van der Waals surface area contributed by atoms with Gasteiger partial charge < -0.3 is 10.1 Å². The second-order valence-electron chi connectivity index (χ2n) is 5.50. The lowest BCUT2D eigenvalue weighted by Crippen LogP contribution is -2.15. The molecule has 0 atom stereocenters. The van der Waals surface area contributed by atoms with Gasteiger partial charge in [0.2, 0.25) is 5.91 Å². The first-order chi connectivity index (χ1) is 11.0. The fourth-order valence-corrected chi connectivity index (χ4v) is 3.65. The number of ether oxygens (including phenoxy) is 1. The molecule has 2 aromatic rings. The predicted molar refractivity (Wildman–Crippen MR) is 92.2 cm³/mol. The Hall–Kier alpha value is -1.85. The van der Waals surface area contributed by atoms with Gasteiger partial charge in [0, 0.05) is 21.4 Å². The maximum Gasteiger partial charge on any atom is 0.341 e. The van der Waals surface area contributed by atoms with Crippen molar-refractivity contribution in [2.24, 2.45) is 5.92 Å². The lowest BCUT2D eigenvalue weighted by Gasteiger charge is -2.08. The topological polar surface area (TPSA) is 55.4 Å². The lowest BCUT2D eigenvalue weighted by atomic mass is 10.0. The Labute approximate surface area is 143 Å². The molecule has 3 rings (SSSR count). The van der Waals surface area contributed by atoms with Crippen molar-refractivity contribution in [2.45, 2.75) is 19.8 Å². The van der Waals surface area contributed by atoms with Crippen molar-refractivity contribution in [1.29, 1.82) is 0 Å². The highest BCUT2D eigenvalue weighted by Crippen LogP contribution is 2.41. The van der Waals surface area contributed by atoms with Gasteiger partial charge >= 0.3 is 5.97 Å². The minimum absolute atomic E-state index is 0.0286. The van der Waals surface area contributed by atoms with E-state index in [1.165, 1.54) is 18.4 Å². The quantitative estimate of drug-likeness (QED) is 0.826. The molecule has 1 aliphatic carbocycles. The predicted octanol–water partition coefficient (Wildman–Crippen LogP) is 4.51. The number of aryl methyl sites for hydroxylation is 1. The molecule has 0 spiro atoms. The highest BCUT2D eigenvalue weighted by molar-refractivity contribution is 7.17. The van der Waals surface area contributed by atoms with E-state index in [-0.39, 0.29) is 11.8 Å². The summed E-state index contributed by atoms with van der Waals surface area (Å²) in [6.45, 7) is 1.92. The van der Waals surface area contributed by atoms with Gasteiger partial charge in [0.05, 0.1) is 7.11 Å². The number of methoxy groups -OCH3 is 1. The molecule has 0 bridgehead atoms. The van der Waals surface area contributed by atoms with Gasteiger partial charge in [-0.15, -0.1) is 11.3 Å². The summed E-state index contributed by atoms with van der Waals surface area (Å²) >= 11 is 7.33. The molecule has 1 fully saturated rings. The van der Waals surface area contributed by atoms with E-state index in [4.69, 9.17) is 16.3 Å². The minimum Gasteiger partial charge on any atom is -0.465 e. The Morgan fingerprint density at radius 3 is 2.48 bits per heavy atom. The summed E-state index contributed by atoms with van der Waals surface area (Å²) in [4.78, 5) is 25.3. The Balaban J connectivity index is 2.06. The average Bonchev–Trinajstić information content (AvgIpc) is 3.33. The fraction of sp³-hybridized carbons (Fsp3) is 0.294. The van der Waals surface area contributed by atoms with E-state index in [1.807, 2.05) is 19.1 Å². The van der Waals surface area contributed by atoms with Gasteiger partial charge in [0.15, 0.2) is 0 Å². The molecule has 4 nitrogen and oxygen atoms in total. The monoisotopic (exact) mass is 349 g/mol. The molecule has 0 radical (unpaired) electrons. The molecule has 120 valence electrons. The molecule has 1 saturated carbocycles. The van der Waals surface area contributed by atoms with E-state index in [0.717, 1.165) is 28.8 Å². The van der Waals surface area contributed by atoms with E-state index in [0.29, 0.717) is 15.6 Å². The molecule has 1 N–H and O–H groups in total. The standard InChI is InChI=1S/C17H16ClNO3S/c1-9-13(10-5-7-12(18)8-6-10)14(17(21)22-2)16(23-9)19-15(20)11-3-4-11/h5-8,11H,3-4H2,1-2H3,(H,19,20). The second kappa shape index (κ2) is 6.34. The fourth-order valence-electron chi connectivity index (χ4n) is 2.45. The number of benzene rings is 1. The van der Waals surface area contributed by atoms with Crippen LogP contribution < -0.4 is 5.32 Å². The van der Waals surface area contributed by atoms with E-state index < -0.39 is 5.97 Å². The normalized spacial score (nSPS) is 13.7. The summed E-state index contributed by atoms with van der Waals surface area (Å²) in [5.41, 5.74) is 2.06. The number of hydrogen-bond acceptors (Lipinski definition) is 4. The summed E-state index contributed by atoms with van der Waals surface area (Å²) in [5.74, 6) is -0.411. The molecule has 6 heteroatoms. The Morgan fingerprint density at radius 2 is 1.91 bits per heavy atom. The van der Waals surface area contributed by atoms with E-state index >= 15 is 0 Å². The highest BCUT2D eigenvalue weighted by Gasteiger charge is 2.32. The van der Waals surface area contributed by atoms with Crippen LogP contribution in [0.4, 0.5) is 5.00 Å². The third-order valence-corrected chi connectivity index (χ3v) is 5.06. The van der Waals surface area contributed by atoms with Crippen LogP contribution in [-0.4, -0.2) is 19.0 Å². The zero-order valence-electron chi connectivity index (χ0n) is 12.8. The number of esters is 1. The number of carbonyl (C=O) groups excluding carboxylic acids is 2. The number of amides is 1. The van der Waals surface area contributed by atoms with Crippen LogP contribution in [0.1, 0.15) is 28.1 Å². The molecule has 1 aromatic heterocycles. The summed E-state index contributed by atoms with van der Waals surface area (Å²) in [6.07, 6.45) is 1.82. The first kappa shape index (κ1) is 16.0. The number of anilines is 1. The van der Waals surface area contributed by atoms with Crippen molar-refractivity contribution in [1.82, 2.24) is 0 Å². The van der Waals surface area contributed by atoms with Gasteiger partial charge in [0.1, 0.15) is 10.6 Å². The zero-order valence-corrected chi connectivity index (χ0v) is 14.4. The SMILES string of the molecule is COC(=O)c1c(NC(=O)C2CC2)sc(C)c1-c1ccc(Cl)cc1. The van der Waals surface area contributed by atoms with Crippen LogP contribution >= 0.6 is 22.9 Å². The van der Waals surface area contributed by atoms with Gasteiger partial charge in [-0.25, -0.2) is 4.79 Å². The number of nitrogens with one attached hydrogen (secondary N) is 1. The summed E-state index contributed by atoms with van der Waals surface area (Å²) in [7, 11) is 1.34. The number of carbonyl (C=O) groups is 2. The van der Waals surface area contributed by atoms with E-state index in [2.05, 4.69) is 5.32 Å². The van der Waals surface area contributed by atoms with Gasteiger partial charge in [-0.05, 0) is 37.5 Å². The van der Waals surface area contributed by atoms with Crippen molar-refractivity contribution >= 4 is 39.8 Å². The summed E-state index contributed by atoms with van der Waals surface area (Å²) in [5, 5.41) is 4.06. The van der Waals surface area contributed by atoms with Crippen molar-refractivity contribution in [3.63, 3.8) is 0 Å². The van der Waals surface area contributed by atoms with Crippen LogP contribution in [0.2, 0.25) is 5.02 Å². The molecule has 1 aromatic carbocycles. The Bertz CT molecular complexity index is 763. The van der Waals surface area contributed by atoms with E-state index in [1.54, 1.807) is 12.1 Å². The zero-order chi connectivity index (χ0) is 16.6. The summed E-state index contributed by atoms with van der Waals surface area (Å²) in [6, 6.07) is 7.27. The molecule has 0 aliphatic heterocycles. The van der Waals surface area contributed by atoms with Gasteiger partial charge in [-0.2, -0.15) is 0 Å². The largest absolute Gasteiger partial charge is 0.465 e. The third kappa shape index (κ3) is 3.26. The number of halogens is 1. The molecular formula is C17H16ClNO3S. The van der Waals surface area contributed by atoms with Gasteiger partial charge in [-0.3, -0.25) is 4.79 Å². The van der Waals surface area contributed by atoms with E-state index in [9.17, 15) is 9.59 Å². The molecule has 23 heavy (non-hydrogen) atoms. The number of rotatable bonds is 4. The van der Waals surface area contributed by atoms with Crippen LogP contribution in [0.25, 0.3) is 11.1 Å². The first-order valence-corrected chi connectivity index (χ1v) is 8.49. The van der Waals surface area contributed by atoms with Crippen LogP contribution in [0.3, 0.4) is 0 Å². The van der Waals surface area contributed by atoms with Crippen molar-refractivity contribution in [3.05, 3.63) is 39.7 Å². The average molecular weight is 350 g/mol. The van der Waals surface area contributed by atoms with Crippen molar-refractivity contribution < 1.29 is 14.3 Å². The highest BCUT2D eigenvalue weighted by atomic mass is 35.5. The molecule has 1 aliphatic rings. The van der Waals surface area contributed by atoms with Gasteiger partial charge in [-0.1, -0.05) is 23.7 Å². The maximum atomic E-state index is 12.3. The number of thiophene rings is 1. The van der Waals surface area contributed by atoms with Crippen LogP contribution in [0, 0.1) is 12.8 Å². The smallest absolute Gasteiger partial charge is 0.341 e. The second-order valence-corrected chi connectivity index (χ2v) is 7.16. The van der Waals surface area contributed by atoms with Crippen molar-refractivity contribution in [3.8, 4) is 11.1 Å². The molecule has 1 heterocycles. The molecule has 1 amide bonds. The molecule has 0 saturated heterocycles. The van der Waals surface area contributed by atoms with Crippen molar-refractivity contribution in [2.75, 3.05) is 12.4 Å². The maximum absolute atomic E-state index is 12.3. The lowest BCUT2D eigenvalue weighted by molar-refractivity contribution is -0.117. The third-order valence-electron chi connectivity index (χ3n) is 3.79. The molecule has 0 unspecified atom stereocenters. The summed E-state index contributed by atoms with van der Waals surface area (Å²) < 4.78 is 4.92. The molecular weight excluding hydrogens is 334 g/mol. The minimum atomic E-state index is -0.453. The Morgan fingerprint density at radius 1 is 1.26 bits per heavy atom. The van der Waals surface area contributed by atoms with Gasteiger partial charge in [0.25, 0.3) is 0 Å². The van der Waals surface area contributed by atoms with Crippen LogP contribution in [0.15, 0.2) is 24.3 Å². The number of hydrogen-bond donors (Lipinski definition) is 1. The first-order valence-electron chi connectivity index (χ1n) is 7.29. The van der Waals surface area contributed by atoms with Crippen LogP contribution in [0.5, 0.6) is 0 Å².